The topological polar surface area (TPSA) is 50.8 Å². The number of benzene rings is 1. The molecule has 2 aliphatic heterocycles. The van der Waals surface area contributed by atoms with E-state index in [1.807, 2.05) is 24.8 Å². The van der Waals surface area contributed by atoms with Gasteiger partial charge in [-0.1, -0.05) is 6.07 Å². The summed E-state index contributed by atoms with van der Waals surface area (Å²) >= 11 is 0. The van der Waals surface area contributed by atoms with Crippen molar-refractivity contribution in [1.29, 1.82) is 0 Å². The van der Waals surface area contributed by atoms with E-state index in [2.05, 4.69) is 5.32 Å². The summed E-state index contributed by atoms with van der Waals surface area (Å²) in [6.45, 7) is 6.43. The second-order valence-corrected chi connectivity index (χ2v) is 7.06. The summed E-state index contributed by atoms with van der Waals surface area (Å²) in [5.74, 6) is -0.306. The fourth-order valence-corrected chi connectivity index (χ4v) is 3.58. The number of hydrogen-bond acceptors (Lipinski definition) is 4. The van der Waals surface area contributed by atoms with E-state index in [1.165, 1.54) is 6.07 Å². The van der Waals surface area contributed by atoms with Crippen molar-refractivity contribution in [3.05, 3.63) is 29.6 Å². The number of carbonyl (C=O) groups is 1. The highest BCUT2D eigenvalue weighted by atomic mass is 19.1. The first-order valence-electron chi connectivity index (χ1n) is 9.08. The lowest BCUT2D eigenvalue weighted by molar-refractivity contribution is -0.123. The van der Waals surface area contributed by atoms with Gasteiger partial charge in [-0.25, -0.2) is 4.39 Å². The Morgan fingerprint density at radius 2 is 2.08 bits per heavy atom. The summed E-state index contributed by atoms with van der Waals surface area (Å²) in [6.07, 6.45) is 2.53. The van der Waals surface area contributed by atoms with Gasteiger partial charge in [-0.3, -0.25) is 4.79 Å². The predicted octanol–water partition coefficient (Wildman–Crippen LogP) is 2.62. The minimum absolute atomic E-state index is 0.0319. The lowest BCUT2D eigenvalue weighted by Crippen LogP contribution is -2.45. The zero-order valence-electron chi connectivity index (χ0n) is 15.0. The third-order valence-corrected chi connectivity index (χ3v) is 4.70. The van der Waals surface area contributed by atoms with E-state index in [0.717, 1.165) is 25.0 Å². The van der Waals surface area contributed by atoms with E-state index in [4.69, 9.17) is 9.47 Å². The van der Waals surface area contributed by atoms with Crippen LogP contribution in [0.3, 0.4) is 0 Å². The van der Waals surface area contributed by atoms with Crippen molar-refractivity contribution in [2.24, 2.45) is 0 Å². The second kappa shape index (κ2) is 8.15. The van der Waals surface area contributed by atoms with Crippen LogP contribution in [0, 0.1) is 5.82 Å². The van der Waals surface area contributed by atoms with Crippen LogP contribution in [-0.4, -0.2) is 43.9 Å². The number of halogens is 1. The molecular formula is C19H27FN2O3. The molecule has 2 saturated heterocycles. The molecule has 0 spiro atoms. The summed E-state index contributed by atoms with van der Waals surface area (Å²) in [7, 11) is 0. The van der Waals surface area contributed by atoms with Crippen molar-refractivity contribution in [2.75, 3.05) is 24.6 Å². The average molecular weight is 350 g/mol. The maximum atomic E-state index is 14.5. The molecule has 2 heterocycles. The Labute approximate surface area is 148 Å². The number of anilines is 1. The molecule has 2 fully saturated rings. The highest BCUT2D eigenvalue weighted by Gasteiger charge is 2.24. The number of nitrogens with zero attached hydrogens (tertiary/aromatic N) is 1. The summed E-state index contributed by atoms with van der Waals surface area (Å²) < 4.78 is 25.7. The van der Waals surface area contributed by atoms with Crippen LogP contribution in [0.1, 0.15) is 38.7 Å². The Morgan fingerprint density at radius 3 is 2.72 bits per heavy atom. The lowest BCUT2D eigenvalue weighted by Gasteiger charge is -2.37. The first-order chi connectivity index (χ1) is 12.0. The molecule has 138 valence electrons. The molecule has 25 heavy (non-hydrogen) atoms. The summed E-state index contributed by atoms with van der Waals surface area (Å²) in [5.41, 5.74) is 1.35. The Morgan fingerprint density at radius 1 is 1.32 bits per heavy atom. The Kier molecular flexibility index (Phi) is 5.91. The van der Waals surface area contributed by atoms with E-state index in [-0.39, 0.29) is 30.0 Å². The maximum absolute atomic E-state index is 14.5. The van der Waals surface area contributed by atoms with Crippen LogP contribution in [0.5, 0.6) is 0 Å². The van der Waals surface area contributed by atoms with Gasteiger partial charge in [0.1, 0.15) is 5.82 Å². The summed E-state index contributed by atoms with van der Waals surface area (Å²) in [6, 6.07) is 5.17. The van der Waals surface area contributed by atoms with Crippen molar-refractivity contribution in [1.82, 2.24) is 5.32 Å². The maximum Gasteiger partial charge on any atom is 0.222 e. The van der Waals surface area contributed by atoms with Crippen LogP contribution in [0.15, 0.2) is 18.2 Å². The molecule has 5 nitrogen and oxygen atoms in total. The normalized spacial score (nSPS) is 26.7. The molecule has 0 aliphatic carbocycles. The third kappa shape index (κ3) is 4.92. The van der Waals surface area contributed by atoms with E-state index in [1.54, 1.807) is 6.07 Å². The van der Waals surface area contributed by atoms with Crippen LogP contribution < -0.4 is 10.2 Å². The number of morpholine rings is 1. The molecule has 2 aliphatic rings. The van der Waals surface area contributed by atoms with Crippen molar-refractivity contribution in [3.63, 3.8) is 0 Å². The van der Waals surface area contributed by atoms with Crippen LogP contribution >= 0.6 is 0 Å². The van der Waals surface area contributed by atoms with Crippen LogP contribution in [0.25, 0.3) is 0 Å². The van der Waals surface area contributed by atoms with E-state index in [0.29, 0.717) is 31.7 Å². The standard InChI is InChI=1S/C19H27FN2O3/c1-13-11-22(12-14(2)25-13)18-6-5-15(8-17(18)20)10-21-19(23)9-16-4-3-7-24-16/h5-6,8,13-14,16H,3-4,7,9-12H2,1-2H3,(H,21,23). The minimum Gasteiger partial charge on any atom is -0.378 e. The molecule has 1 N–H and O–H groups in total. The predicted molar refractivity (Wildman–Crippen MR) is 94.1 cm³/mol. The molecule has 3 atom stereocenters. The number of nitrogens with one attached hydrogen (secondary N) is 1. The number of ether oxygens (including phenoxy) is 2. The quantitative estimate of drug-likeness (QED) is 0.887. The largest absolute Gasteiger partial charge is 0.378 e. The van der Waals surface area contributed by atoms with Crippen molar-refractivity contribution >= 4 is 11.6 Å². The van der Waals surface area contributed by atoms with Gasteiger partial charge >= 0.3 is 0 Å². The first kappa shape index (κ1) is 18.1. The van der Waals surface area contributed by atoms with E-state index in [9.17, 15) is 9.18 Å². The van der Waals surface area contributed by atoms with Gasteiger partial charge in [0.05, 0.1) is 30.4 Å². The van der Waals surface area contributed by atoms with Gasteiger partial charge in [0.2, 0.25) is 5.91 Å². The average Bonchev–Trinajstić information content (AvgIpc) is 3.05. The molecule has 3 rings (SSSR count). The molecule has 0 radical (unpaired) electrons. The number of carbonyl (C=O) groups excluding carboxylic acids is 1. The fourth-order valence-electron chi connectivity index (χ4n) is 3.58. The molecule has 3 unspecified atom stereocenters. The number of amides is 1. The molecule has 1 aromatic rings. The Balaban J connectivity index is 1.55. The van der Waals surface area contributed by atoms with Crippen LogP contribution in [0.4, 0.5) is 10.1 Å². The molecule has 1 aromatic carbocycles. The van der Waals surface area contributed by atoms with Gasteiger partial charge in [-0.2, -0.15) is 0 Å². The van der Waals surface area contributed by atoms with Crippen LogP contribution in [-0.2, 0) is 20.8 Å². The zero-order valence-corrected chi connectivity index (χ0v) is 15.0. The smallest absolute Gasteiger partial charge is 0.222 e. The highest BCUT2D eigenvalue weighted by Crippen LogP contribution is 2.24. The SMILES string of the molecule is CC1CN(c2ccc(CNC(=O)CC3CCCO3)cc2F)CC(C)O1. The van der Waals surface area contributed by atoms with Crippen molar-refractivity contribution in [3.8, 4) is 0 Å². The highest BCUT2D eigenvalue weighted by molar-refractivity contribution is 5.76. The molecule has 0 saturated carbocycles. The number of rotatable bonds is 5. The minimum atomic E-state index is -0.257. The monoisotopic (exact) mass is 350 g/mol. The third-order valence-electron chi connectivity index (χ3n) is 4.70. The first-order valence-corrected chi connectivity index (χ1v) is 9.08. The molecular weight excluding hydrogens is 323 g/mol. The van der Waals surface area contributed by atoms with Gasteiger partial charge in [-0.15, -0.1) is 0 Å². The van der Waals surface area contributed by atoms with Gasteiger partial charge in [0.25, 0.3) is 0 Å². The van der Waals surface area contributed by atoms with Crippen molar-refractivity contribution < 1.29 is 18.7 Å². The summed E-state index contributed by atoms with van der Waals surface area (Å²) in [5, 5.41) is 2.85. The molecule has 0 bridgehead atoms. The van der Waals surface area contributed by atoms with E-state index >= 15 is 0 Å². The Hall–Kier alpha value is -1.66. The van der Waals surface area contributed by atoms with Gasteiger partial charge in [-0.05, 0) is 44.4 Å². The zero-order chi connectivity index (χ0) is 17.8. The van der Waals surface area contributed by atoms with Gasteiger partial charge in [0, 0.05) is 26.2 Å². The number of hydrogen-bond donors (Lipinski definition) is 1. The van der Waals surface area contributed by atoms with Crippen molar-refractivity contribution in [2.45, 2.75) is 58.0 Å². The van der Waals surface area contributed by atoms with E-state index < -0.39 is 0 Å². The Bertz CT molecular complexity index is 594. The molecule has 0 aromatic heterocycles. The molecule has 1 amide bonds. The van der Waals surface area contributed by atoms with Gasteiger partial charge in [0.15, 0.2) is 0 Å². The fraction of sp³-hybridized carbons (Fsp3) is 0.632. The second-order valence-electron chi connectivity index (χ2n) is 7.06. The van der Waals surface area contributed by atoms with Crippen LogP contribution in [0.2, 0.25) is 0 Å². The lowest BCUT2D eigenvalue weighted by atomic mass is 10.1. The molecule has 6 heteroatoms. The van der Waals surface area contributed by atoms with Gasteiger partial charge < -0.3 is 19.7 Å². The summed E-state index contributed by atoms with van der Waals surface area (Å²) in [4.78, 5) is 14.0.